The van der Waals surface area contributed by atoms with Gasteiger partial charge in [-0.05, 0) is 89.7 Å². The third kappa shape index (κ3) is 6.81. The van der Waals surface area contributed by atoms with Gasteiger partial charge < -0.3 is 24.0 Å². The molecule has 1 aliphatic carbocycles. The molecule has 7 nitrogen and oxygen atoms in total. The maximum atomic E-state index is 14.4. The molecule has 3 aromatic rings. The second kappa shape index (κ2) is 13.3. The first-order chi connectivity index (χ1) is 20.8. The molecule has 8 heteroatoms. The van der Waals surface area contributed by atoms with Crippen LogP contribution in [0.2, 0.25) is 0 Å². The average Bonchev–Trinajstić information content (AvgIpc) is 3.26. The molecule has 1 fully saturated rings. The highest BCUT2D eigenvalue weighted by molar-refractivity contribution is 6.05. The van der Waals surface area contributed by atoms with Gasteiger partial charge in [0.25, 0.3) is 0 Å². The van der Waals surface area contributed by atoms with Crippen LogP contribution in [0.15, 0.2) is 66.2 Å². The number of benzene rings is 3. The summed E-state index contributed by atoms with van der Waals surface area (Å²) < 4.78 is 31.5. The average molecular weight is 585 g/mol. The van der Waals surface area contributed by atoms with Crippen LogP contribution < -0.4 is 14.2 Å². The number of hydrogen-bond acceptors (Lipinski definition) is 6. The standard InChI is InChI=1S/C35H37FN2O5/c1-23-28(13-11-27(39)18-24-8-6-5-7-9-24)31-22-26(36)10-12-29(31)30(23)19-25-20-32(41-3)34(33(21-25)42-4)43-35(40)38-16-14-37(2)15-17-38/h5-10,12,19-22H,11,13-18H2,1-4H3. The van der Waals surface area contributed by atoms with Crippen molar-refractivity contribution in [3.8, 4) is 17.2 Å². The van der Waals surface area contributed by atoms with Gasteiger partial charge in [-0.3, -0.25) is 4.79 Å². The second-order valence-electron chi connectivity index (χ2n) is 11.0. The smallest absolute Gasteiger partial charge is 0.415 e. The van der Waals surface area contributed by atoms with Crippen molar-refractivity contribution in [2.45, 2.75) is 26.2 Å². The zero-order valence-corrected chi connectivity index (χ0v) is 25.1. The van der Waals surface area contributed by atoms with Gasteiger partial charge >= 0.3 is 6.09 Å². The Labute approximate surface area is 252 Å². The highest BCUT2D eigenvalue weighted by Gasteiger charge is 2.27. The lowest BCUT2D eigenvalue weighted by atomic mass is 9.97. The van der Waals surface area contributed by atoms with Crippen LogP contribution in [0.4, 0.5) is 9.18 Å². The minimum absolute atomic E-state index is 0.137. The van der Waals surface area contributed by atoms with Crippen molar-refractivity contribution in [2.75, 3.05) is 47.4 Å². The fraction of sp³-hybridized carbons (Fsp3) is 0.314. The predicted octanol–water partition coefficient (Wildman–Crippen LogP) is 6.51. The third-order valence-corrected chi connectivity index (χ3v) is 8.10. The number of hydrogen-bond donors (Lipinski definition) is 0. The number of nitrogens with zero attached hydrogens (tertiary/aromatic N) is 2. The number of ether oxygens (including phenoxy) is 3. The molecule has 0 aromatic heterocycles. The molecule has 43 heavy (non-hydrogen) atoms. The van der Waals surface area contributed by atoms with Crippen LogP contribution in [-0.4, -0.2) is 69.1 Å². The van der Waals surface area contributed by atoms with E-state index in [2.05, 4.69) is 4.90 Å². The lowest BCUT2D eigenvalue weighted by Gasteiger charge is -2.31. The van der Waals surface area contributed by atoms with Gasteiger partial charge in [-0.1, -0.05) is 36.4 Å². The van der Waals surface area contributed by atoms with Gasteiger partial charge in [-0.15, -0.1) is 0 Å². The van der Waals surface area contributed by atoms with E-state index in [-0.39, 0.29) is 17.3 Å². The quantitative estimate of drug-likeness (QED) is 0.286. The molecule has 3 aromatic carbocycles. The third-order valence-electron chi connectivity index (χ3n) is 8.10. The number of ketones is 1. The van der Waals surface area contributed by atoms with Crippen LogP contribution >= 0.6 is 0 Å². The molecular formula is C35H37FN2O5. The van der Waals surface area contributed by atoms with E-state index < -0.39 is 6.09 Å². The number of methoxy groups -OCH3 is 2. The number of rotatable bonds is 9. The maximum Gasteiger partial charge on any atom is 0.415 e. The summed E-state index contributed by atoms with van der Waals surface area (Å²) in [5.41, 5.74) is 6.30. The number of likely N-dealkylation sites (N-methyl/N-ethyl adjacent to an activating group) is 1. The summed E-state index contributed by atoms with van der Waals surface area (Å²) in [4.78, 5) is 29.6. The molecule has 0 atom stereocenters. The van der Waals surface area contributed by atoms with Crippen molar-refractivity contribution in [3.05, 3.63) is 94.3 Å². The van der Waals surface area contributed by atoms with Gasteiger partial charge in [0.05, 0.1) is 14.2 Å². The first kappa shape index (κ1) is 30.0. The summed E-state index contributed by atoms with van der Waals surface area (Å²) >= 11 is 0. The fourth-order valence-electron chi connectivity index (χ4n) is 5.64. The normalized spacial score (nSPS) is 15.9. The Bertz CT molecular complexity index is 1550. The predicted molar refractivity (Wildman–Crippen MR) is 166 cm³/mol. The molecule has 5 rings (SSSR count). The van der Waals surface area contributed by atoms with Gasteiger partial charge in [-0.25, -0.2) is 9.18 Å². The number of fused-ring (bicyclic) bond motifs is 1. The van der Waals surface area contributed by atoms with Crippen LogP contribution in [0.3, 0.4) is 0 Å². The lowest BCUT2D eigenvalue weighted by molar-refractivity contribution is -0.118. The summed E-state index contributed by atoms with van der Waals surface area (Å²) in [5, 5.41) is 0. The summed E-state index contributed by atoms with van der Waals surface area (Å²) in [6, 6.07) is 18.0. The highest BCUT2D eigenvalue weighted by atomic mass is 19.1. The molecule has 0 radical (unpaired) electrons. The van der Waals surface area contributed by atoms with Crippen LogP contribution in [0.5, 0.6) is 17.2 Å². The van der Waals surface area contributed by atoms with Crippen molar-refractivity contribution in [2.24, 2.45) is 0 Å². The Hall–Kier alpha value is -4.43. The van der Waals surface area contributed by atoms with E-state index >= 15 is 0 Å². The molecule has 1 amide bonds. The first-order valence-corrected chi connectivity index (χ1v) is 14.5. The van der Waals surface area contributed by atoms with Crippen molar-refractivity contribution in [1.82, 2.24) is 9.80 Å². The minimum Gasteiger partial charge on any atom is -0.493 e. The molecule has 1 heterocycles. The zero-order chi connectivity index (χ0) is 30.5. The molecule has 0 spiro atoms. The summed E-state index contributed by atoms with van der Waals surface area (Å²) in [5.74, 6) is 0.752. The van der Waals surface area contributed by atoms with Crippen molar-refractivity contribution in [3.63, 3.8) is 0 Å². The van der Waals surface area contributed by atoms with Crippen molar-refractivity contribution < 1.29 is 28.2 Å². The number of piperazine rings is 1. The van der Waals surface area contributed by atoms with Crippen LogP contribution in [0.25, 0.3) is 17.2 Å². The van der Waals surface area contributed by atoms with E-state index in [1.165, 1.54) is 20.3 Å². The Morgan fingerprint density at radius 1 is 0.907 bits per heavy atom. The van der Waals surface area contributed by atoms with E-state index in [1.807, 2.05) is 50.4 Å². The Balaban J connectivity index is 1.42. The number of allylic oxidation sites excluding steroid dienone is 3. The topological polar surface area (TPSA) is 68.3 Å². The number of amides is 1. The SMILES string of the molecule is COc1cc(C=C2C(C)=C(CCC(=O)Cc3ccccc3)c3cc(F)ccc32)cc(OC)c1OC(=O)N1CCN(C)CC1. The first-order valence-electron chi connectivity index (χ1n) is 14.5. The lowest BCUT2D eigenvalue weighted by Crippen LogP contribution is -2.48. The number of carbonyl (C=O) groups is 2. The van der Waals surface area contributed by atoms with Crippen LogP contribution in [0.1, 0.15) is 42.0 Å². The molecule has 0 N–H and O–H groups in total. The molecular weight excluding hydrogens is 547 g/mol. The Morgan fingerprint density at radius 2 is 1.58 bits per heavy atom. The second-order valence-corrected chi connectivity index (χ2v) is 11.0. The fourth-order valence-corrected chi connectivity index (χ4v) is 5.64. The van der Waals surface area contributed by atoms with Crippen molar-refractivity contribution >= 4 is 29.1 Å². The van der Waals surface area contributed by atoms with Gasteiger partial charge in [0, 0.05) is 39.0 Å². The van der Waals surface area contributed by atoms with Crippen LogP contribution in [0, 0.1) is 5.82 Å². The monoisotopic (exact) mass is 584 g/mol. The largest absolute Gasteiger partial charge is 0.493 e. The van der Waals surface area contributed by atoms with Crippen LogP contribution in [-0.2, 0) is 11.2 Å². The number of halogens is 1. The Morgan fingerprint density at radius 3 is 2.23 bits per heavy atom. The molecule has 1 saturated heterocycles. The molecule has 2 aliphatic rings. The summed E-state index contributed by atoms with van der Waals surface area (Å²) in [7, 11) is 5.05. The van der Waals surface area contributed by atoms with E-state index in [9.17, 15) is 14.0 Å². The number of Topliss-reactive ketones (excluding diaryl/α,β-unsaturated/α-hetero) is 1. The zero-order valence-electron chi connectivity index (χ0n) is 25.1. The van der Waals surface area contributed by atoms with Gasteiger partial charge in [0.1, 0.15) is 11.6 Å². The van der Waals surface area contributed by atoms with E-state index in [0.717, 1.165) is 52.1 Å². The van der Waals surface area contributed by atoms with Gasteiger partial charge in [0.2, 0.25) is 5.75 Å². The maximum absolute atomic E-state index is 14.4. The molecule has 0 saturated carbocycles. The molecule has 1 aliphatic heterocycles. The molecule has 0 unspecified atom stereocenters. The summed E-state index contributed by atoms with van der Waals surface area (Å²) in [6.45, 7) is 4.71. The van der Waals surface area contributed by atoms with E-state index in [0.29, 0.717) is 43.9 Å². The minimum atomic E-state index is -0.451. The Kier molecular flexibility index (Phi) is 9.26. The molecule has 0 bridgehead atoms. The van der Waals surface area contributed by atoms with Gasteiger partial charge in [0.15, 0.2) is 11.5 Å². The molecule has 224 valence electrons. The summed E-state index contributed by atoms with van der Waals surface area (Å²) in [6.07, 6.45) is 2.78. The van der Waals surface area contributed by atoms with Gasteiger partial charge in [-0.2, -0.15) is 0 Å². The number of carbonyl (C=O) groups excluding carboxylic acids is 2. The van der Waals surface area contributed by atoms with E-state index in [1.54, 1.807) is 29.2 Å². The van der Waals surface area contributed by atoms with E-state index in [4.69, 9.17) is 14.2 Å². The highest BCUT2D eigenvalue weighted by Crippen LogP contribution is 2.46. The van der Waals surface area contributed by atoms with Crippen molar-refractivity contribution in [1.29, 1.82) is 0 Å².